The number of rotatable bonds is 5. The number of carbonyl (C=O) groups is 3. The number of aromatic nitrogens is 2. The number of imidazole rings is 1. The third-order valence-electron chi connectivity index (χ3n) is 5.90. The first-order valence-corrected chi connectivity index (χ1v) is 9.84. The maximum atomic E-state index is 13.1. The molecular weight excluding hydrogens is 372 g/mol. The van der Waals surface area contributed by atoms with Crippen LogP contribution in [0.4, 0.5) is 5.95 Å². The summed E-state index contributed by atoms with van der Waals surface area (Å²) in [6.45, 7) is 2.70. The van der Waals surface area contributed by atoms with Crippen LogP contribution in [0.25, 0.3) is 0 Å². The second-order valence-electron chi connectivity index (χ2n) is 7.67. The largest absolute Gasteiger partial charge is 0.352 e. The van der Waals surface area contributed by atoms with Crippen molar-refractivity contribution in [3.05, 3.63) is 47.3 Å². The third-order valence-corrected chi connectivity index (χ3v) is 5.90. The number of imide groups is 1. The van der Waals surface area contributed by atoms with Crippen molar-refractivity contribution in [3.63, 3.8) is 0 Å². The van der Waals surface area contributed by atoms with Gasteiger partial charge >= 0.3 is 0 Å². The fraction of sp³-hybridized carbons (Fsp3) is 0.400. The van der Waals surface area contributed by atoms with Gasteiger partial charge in [0.1, 0.15) is 6.04 Å². The molecule has 150 valence electrons. The molecule has 1 aromatic heterocycles. The van der Waals surface area contributed by atoms with Crippen molar-refractivity contribution in [2.24, 2.45) is 0 Å². The molecule has 3 N–H and O–H groups in total. The minimum absolute atomic E-state index is 0.154. The highest BCUT2D eigenvalue weighted by atomic mass is 16.2. The number of nitrogens with zero attached hydrogens (tertiary/aromatic N) is 3. The Hall–Kier alpha value is -3.20. The van der Waals surface area contributed by atoms with Gasteiger partial charge in [-0.05, 0) is 17.5 Å². The molecule has 0 saturated carbocycles. The summed E-state index contributed by atoms with van der Waals surface area (Å²) in [5.41, 5.74) is 2.43. The van der Waals surface area contributed by atoms with Crippen molar-refractivity contribution in [1.82, 2.24) is 25.1 Å². The second kappa shape index (κ2) is 7.00. The molecule has 0 bridgehead atoms. The minimum atomic E-state index is -0.599. The van der Waals surface area contributed by atoms with Crippen LogP contribution < -0.4 is 16.0 Å². The number of hydrogen-bond donors (Lipinski definition) is 3. The number of piperidine rings is 1. The number of benzene rings is 1. The van der Waals surface area contributed by atoms with E-state index in [1.54, 1.807) is 11.1 Å². The molecule has 1 unspecified atom stereocenters. The van der Waals surface area contributed by atoms with E-state index in [-0.39, 0.29) is 18.2 Å². The van der Waals surface area contributed by atoms with Crippen LogP contribution in [0.2, 0.25) is 0 Å². The van der Waals surface area contributed by atoms with Crippen LogP contribution >= 0.6 is 0 Å². The maximum absolute atomic E-state index is 13.1. The number of fused-ring (bicyclic) bond motifs is 1. The molecule has 9 heteroatoms. The van der Waals surface area contributed by atoms with Gasteiger partial charge in [-0.25, -0.2) is 4.98 Å². The second-order valence-corrected chi connectivity index (χ2v) is 7.67. The molecule has 1 atom stereocenters. The molecule has 4 heterocycles. The number of anilines is 1. The molecule has 9 nitrogen and oxygen atoms in total. The molecule has 5 rings (SSSR count). The van der Waals surface area contributed by atoms with Crippen molar-refractivity contribution in [1.29, 1.82) is 0 Å². The molecule has 0 spiro atoms. The van der Waals surface area contributed by atoms with Gasteiger partial charge in [0.2, 0.25) is 17.8 Å². The summed E-state index contributed by atoms with van der Waals surface area (Å²) in [7, 11) is 0. The summed E-state index contributed by atoms with van der Waals surface area (Å²) in [6.07, 6.45) is 4.35. The molecular formula is C20H22N6O3. The van der Waals surface area contributed by atoms with E-state index in [9.17, 15) is 14.4 Å². The number of nitrogens with one attached hydrogen (secondary N) is 3. The Labute approximate surface area is 167 Å². The van der Waals surface area contributed by atoms with Crippen LogP contribution in [0.3, 0.4) is 0 Å². The van der Waals surface area contributed by atoms with E-state index in [2.05, 4.69) is 25.5 Å². The fourth-order valence-corrected chi connectivity index (χ4v) is 4.23. The molecule has 3 amide bonds. The average Bonchev–Trinajstić information content (AvgIpc) is 3.24. The lowest BCUT2D eigenvalue weighted by atomic mass is 10.0. The van der Waals surface area contributed by atoms with Crippen LogP contribution in [0, 0.1) is 0 Å². The van der Waals surface area contributed by atoms with Gasteiger partial charge in [-0.2, -0.15) is 0 Å². The monoisotopic (exact) mass is 394 g/mol. The summed E-state index contributed by atoms with van der Waals surface area (Å²) in [5, 5.41) is 8.94. The Morgan fingerprint density at radius 1 is 1.21 bits per heavy atom. The SMILES string of the molecule is O=C1CCC(N2Cc3cccc(CNc4nccn4C4CNC4)c3C2=O)C(=O)N1. The summed E-state index contributed by atoms with van der Waals surface area (Å²) in [5.74, 6) is -0.0457. The van der Waals surface area contributed by atoms with E-state index in [1.165, 1.54) is 0 Å². The van der Waals surface area contributed by atoms with Crippen LogP contribution in [-0.2, 0) is 22.7 Å². The molecule has 2 aromatic rings. The zero-order valence-corrected chi connectivity index (χ0v) is 15.9. The van der Waals surface area contributed by atoms with E-state index in [4.69, 9.17) is 0 Å². The Morgan fingerprint density at radius 3 is 2.83 bits per heavy atom. The molecule has 29 heavy (non-hydrogen) atoms. The Bertz CT molecular complexity index is 996. The first-order chi connectivity index (χ1) is 14.1. The van der Waals surface area contributed by atoms with Gasteiger partial charge in [-0.3, -0.25) is 19.7 Å². The summed E-state index contributed by atoms with van der Waals surface area (Å²) < 4.78 is 2.11. The summed E-state index contributed by atoms with van der Waals surface area (Å²) >= 11 is 0. The van der Waals surface area contributed by atoms with Gasteiger partial charge in [-0.15, -0.1) is 0 Å². The van der Waals surface area contributed by atoms with E-state index in [0.717, 1.165) is 30.2 Å². The predicted molar refractivity (Wildman–Crippen MR) is 104 cm³/mol. The molecule has 0 aliphatic carbocycles. The van der Waals surface area contributed by atoms with E-state index in [1.807, 2.05) is 24.4 Å². The van der Waals surface area contributed by atoms with E-state index >= 15 is 0 Å². The van der Waals surface area contributed by atoms with Gasteiger partial charge < -0.3 is 20.1 Å². The zero-order chi connectivity index (χ0) is 20.0. The summed E-state index contributed by atoms with van der Waals surface area (Å²) in [4.78, 5) is 42.8. The van der Waals surface area contributed by atoms with Gasteiger partial charge in [0.05, 0.1) is 6.04 Å². The third kappa shape index (κ3) is 3.07. The molecule has 3 aliphatic heterocycles. The first kappa shape index (κ1) is 17.9. The van der Waals surface area contributed by atoms with Crippen LogP contribution in [0.15, 0.2) is 30.6 Å². The summed E-state index contributed by atoms with van der Waals surface area (Å²) in [6, 6.07) is 5.57. The van der Waals surface area contributed by atoms with Crippen molar-refractivity contribution >= 4 is 23.7 Å². The van der Waals surface area contributed by atoms with Gasteiger partial charge in [0.15, 0.2) is 0 Å². The van der Waals surface area contributed by atoms with Crippen molar-refractivity contribution in [2.45, 2.75) is 38.0 Å². The van der Waals surface area contributed by atoms with Gasteiger partial charge in [0, 0.05) is 50.6 Å². The van der Waals surface area contributed by atoms with Gasteiger partial charge in [0.25, 0.3) is 5.91 Å². The highest BCUT2D eigenvalue weighted by Gasteiger charge is 2.39. The van der Waals surface area contributed by atoms with Crippen LogP contribution in [0.5, 0.6) is 0 Å². The van der Waals surface area contributed by atoms with E-state index in [0.29, 0.717) is 31.1 Å². The number of carbonyl (C=O) groups excluding carboxylic acids is 3. The highest BCUT2D eigenvalue weighted by Crippen LogP contribution is 2.30. The van der Waals surface area contributed by atoms with E-state index < -0.39 is 11.9 Å². The average molecular weight is 394 g/mol. The molecule has 2 saturated heterocycles. The Morgan fingerprint density at radius 2 is 2.07 bits per heavy atom. The lowest BCUT2D eigenvalue weighted by Crippen LogP contribution is -2.52. The lowest BCUT2D eigenvalue weighted by molar-refractivity contribution is -0.136. The quantitative estimate of drug-likeness (QED) is 0.634. The highest BCUT2D eigenvalue weighted by molar-refractivity contribution is 6.06. The lowest BCUT2D eigenvalue weighted by Gasteiger charge is -2.29. The first-order valence-electron chi connectivity index (χ1n) is 9.84. The van der Waals surface area contributed by atoms with Crippen LogP contribution in [-0.4, -0.2) is 51.3 Å². The number of hydrogen-bond acceptors (Lipinski definition) is 6. The van der Waals surface area contributed by atoms with Gasteiger partial charge in [-0.1, -0.05) is 18.2 Å². The molecule has 3 aliphatic rings. The minimum Gasteiger partial charge on any atom is -0.352 e. The zero-order valence-electron chi connectivity index (χ0n) is 15.9. The van der Waals surface area contributed by atoms with Crippen molar-refractivity contribution < 1.29 is 14.4 Å². The standard InChI is InChI=1S/C20H22N6O3/c27-16-5-4-15(18(28)24-16)26-11-13-3-1-2-12(17(13)19(26)29)8-23-20-22-6-7-25(20)14-9-21-10-14/h1-3,6-7,14-15,21H,4-5,8-11H2,(H,22,23)(H,24,27,28). The smallest absolute Gasteiger partial charge is 0.255 e. The topological polar surface area (TPSA) is 108 Å². The maximum Gasteiger partial charge on any atom is 0.255 e. The fourth-order valence-electron chi connectivity index (χ4n) is 4.23. The normalized spacial score (nSPS) is 21.7. The Balaban J connectivity index is 1.34. The Kier molecular flexibility index (Phi) is 4.31. The van der Waals surface area contributed by atoms with Crippen molar-refractivity contribution in [2.75, 3.05) is 18.4 Å². The van der Waals surface area contributed by atoms with Crippen molar-refractivity contribution in [3.8, 4) is 0 Å². The molecule has 2 fully saturated rings. The number of amides is 3. The van der Waals surface area contributed by atoms with Crippen LogP contribution in [0.1, 0.15) is 40.4 Å². The molecule has 1 aromatic carbocycles. The predicted octanol–water partition coefficient (Wildman–Crippen LogP) is 0.401. The molecule has 0 radical (unpaired) electrons.